The van der Waals surface area contributed by atoms with Crippen LogP contribution in [0.5, 0.6) is 0 Å². The van der Waals surface area contributed by atoms with Crippen LogP contribution in [-0.4, -0.2) is 140 Å². The van der Waals surface area contributed by atoms with Crippen LogP contribution in [0.1, 0.15) is 245 Å². The summed E-state index contributed by atoms with van der Waals surface area (Å²) in [6, 6.07) is -0.958. The van der Waals surface area contributed by atoms with Crippen LogP contribution in [-0.2, 0) is 23.7 Å². The van der Waals surface area contributed by atoms with Gasteiger partial charge in [-0.25, -0.2) is 0 Å². The van der Waals surface area contributed by atoms with Gasteiger partial charge in [-0.1, -0.05) is 280 Å². The molecule has 2 fully saturated rings. The van der Waals surface area contributed by atoms with E-state index in [1.807, 2.05) is 6.08 Å². The average molecular weight is 1340 g/mol. The molecule has 1 amide bonds. The Morgan fingerprint density at radius 1 is 0.385 bits per heavy atom. The van der Waals surface area contributed by atoms with Gasteiger partial charge in [0.15, 0.2) is 12.6 Å². The minimum Gasteiger partial charge on any atom is -0.394 e. The fraction of sp³-hybridized carbons (Fsp3) is 0.646. The van der Waals surface area contributed by atoms with Crippen molar-refractivity contribution >= 4 is 5.91 Å². The topological polar surface area (TPSA) is 228 Å². The maximum absolute atomic E-state index is 13.3. The normalized spacial score (nSPS) is 23.3. The standard InChI is InChI=1S/C82H133NO13/c1-3-5-7-9-11-13-15-17-19-21-23-25-26-27-28-29-30-31-32-33-34-35-36-37-38-39-40-41-42-43-44-46-48-50-52-54-56-58-60-62-64-66-74(87)83-70(71(86)65-63-61-59-57-55-53-51-49-47-45-24-22-20-18-16-14-12-10-8-6-4-2)69-93-81-79(92)77(90)80(73(68-85)95-81)96-82-78(91)76(89)75(88)72(67-84)94-82/h5,7,11,13,17,19,23,25,27-28,30-31,33-34,36-37,39-40,42-43,46-49,55,57,63,65,70-73,75-82,84-86,88-92H,3-4,6,8-10,12,14-16,18,20-22,24,26,29,32,35,38,41,44-45,50-54,56,58-62,64,66-69H2,1-2H3,(H,83,87)/b7-5-,13-11-,19-17-,25-23-,28-27-,31-30-,34-33-,37-36-,40-39-,43-42-,48-46-,49-47+,57-55+,65-63+. The van der Waals surface area contributed by atoms with E-state index >= 15 is 0 Å². The first-order chi connectivity index (χ1) is 47.1. The summed E-state index contributed by atoms with van der Waals surface area (Å²) in [4.78, 5) is 13.3. The van der Waals surface area contributed by atoms with Crippen molar-refractivity contribution in [2.75, 3.05) is 19.8 Å². The summed E-state index contributed by atoms with van der Waals surface area (Å²) in [5.74, 6) is -0.271. The molecule has 9 N–H and O–H groups in total. The Labute approximate surface area is 581 Å². The predicted octanol–water partition coefficient (Wildman–Crippen LogP) is 16.3. The molecule has 12 unspecified atom stereocenters. The fourth-order valence-electron chi connectivity index (χ4n) is 11.0. The lowest BCUT2D eigenvalue weighted by atomic mass is 9.97. The summed E-state index contributed by atoms with van der Waals surface area (Å²) >= 11 is 0. The number of hydrogen-bond acceptors (Lipinski definition) is 13. The van der Waals surface area contributed by atoms with Gasteiger partial charge in [0.2, 0.25) is 5.91 Å². The third-order valence-corrected chi connectivity index (χ3v) is 16.9. The van der Waals surface area contributed by atoms with E-state index in [1.165, 1.54) is 70.6 Å². The molecule has 0 aliphatic carbocycles. The Bertz CT molecular complexity index is 2270. The number of carbonyl (C=O) groups is 1. The molecule has 2 aliphatic rings. The predicted molar refractivity (Wildman–Crippen MR) is 396 cm³/mol. The van der Waals surface area contributed by atoms with E-state index in [4.69, 9.17) is 18.9 Å². The molecule has 14 nitrogen and oxygen atoms in total. The lowest BCUT2D eigenvalue weighted by Gasteiger charge is -2.46. The Morgan fingerprint density at radius 3 is 1.15 bits per heavy atom. The first-order valence-electron chi connectivity index (χ1n) is 37.4. The van der Waals surface area contributed by atoms with Crippen LogP contribution in [0.25, 0.3) is 0 Å². The summed E-state index contributed by atoms with van der Waals surface area (Å²) in [5, 5.41) is 87.4. The van der Waals surface area contributed by atoms with Crippen LogP contribution in [0, 0.1) is 0 Å². The number of nitrogens with one attached hydrogen (secondary N) is 1. The maximum Gasteiger partial charge on any atom is 0.220 e. The van der Waals surface area contributed by atoms with E-state index in [0.717, 1.165) is 141 Å². The largest absolute Gasteiger partial charge is 0.394 e. The van der Waals surface area contributed by atoms with Gasteiger partial charge in [-0.05, 0) is 128 Å². The molecule has 0 aromatic heterocycles. The maximum atomic E-state index is 13.3. The SMILES string of the molecule is CC/C=C\C/C=C\C/C=C\C/C=C\C/C=C\C/C=C\C/C=C\C/C=C\C/C=C\C/C=C\C/C=C\CCCCCCCCCC(=O)NC(COC1OC(CO)C(OC2OC(CO)C(O)C(O)C2O)C(O)C1O)C(O)/C=C/CC/C=C/CC/C=C/CCCCCCCCCCCCC. The Balaban J connectivity index is 1.66. The number of ether oxygens (including phenoxy) is 4. The van der Waals surface area contributed by atoms with E-state index in [0.29, 0.717) is 12.8 Å². The molecule has 96 heavy (non-hydrogen) atoms. The van der Waals surface area contributed by atoms with E-state index in [1.54, 1.807) is 6.08 Å². The Hall–Kier alpha value is -4.65. The minimum absolute atomic E-state index is 0.246. The van der Waals surface area contributed by atoms with E-state index in [2.05, 4.69) is 177 Å². The van der Waals surface area contributed by atoms with Gasteiger partial charge in [-0.3, -0.25) is 4.79 Å². The van der Waals surface area contributed by atoms with E-state index < -0.39 is 86.8 Å². The van der Waals surface area contributed by atoms with Crippen LogP contribution >= 0.6 is 0 Å². The second kappa shape index (κ2) is 63.8. The third kappa shape index (κ3) is 46.6. The quantitative estimate of drug-likeness (QED) is 0.0204. The van der Waals surface area contributed by atoms with Gasteiger partial charge in [0, 0.05) is 6.42 Å². The van der Waals surface area contributed by atoms with Crippen LogP contribution in [0.3, 0.4) is 0 Å². The molecule has 0 spiro atoms. The number of hydrogen-bond donors (Lipinski definition) is 9. The average Bonchev–Trinajstić information content (AvgIpc) is 0.807. The van der Waals surface area contributed by atoms with Crippen molar-refractivity contribution in [1.29, 1.82) is 0 Å². The molecule has 0 aromatic rings. The van der Waals surface area contributed by atoms with E-state index in [-0.39, 0.29) is 18.9 Å². The molecule has 12 atom stereocenters. The van der Waals surface area contributed by atoms with Gasteiger partial charge in [-0.2, -0.15) is 0 Å². The molecule has 2 rings (SSSR count). The number of aliphatic hydroxyl groups is 8. The van der Waals surface area contributed by atoms with Crippen LogP contribution < -0.4 is 5.32 Å². The molecule has 2 aliphatic heterocycles. The molecule has 0 radical (unpaired) electrons. The second-order valence-corrected chi connectivity index (χ2v) is 25.3. The molecule has 0 bridgehead atoms. The third-order valence-electron chi connectivity index (χ3n) is 16.9. The lowest BCUT2D eigenvalue weighted by molar-refractivity contribution is -0.359. The van der Waals surface area contributed by atoms with Crippen molar-refractivity contribution in [2.45, 2.75) is 319 Å². The monoisotopic (exact) mass is 1340 g/mol. The highest BCUT2D eigenvalue weighted by Crippen LogP contribution is 2.30. The number of carbonyl (C=O) groups excluding carboxylic acids is 1. The summed E-state index contributed by atoms with van der Waals surface area (Å²) in [6.07, 6.45) is 82.6. The smallest absolute Gasteiger partial charge is 0.220 e. The number of unbranched alkanes of at least 4 members (excludes halogenated alkanes) is 20. The molecule has 2 saturated heterocycles. The zero-order chi connectivity index (χ0) is 69.4. The fourth-order valence-corrected chi connectivity index (χ4v) is 11.0. The highest BCUT2D eigenvalue weighted by molar-refractivity contribution is 5.76. The second-order valence-electron chi connectivity index (χ2n) is 25.3. The van der Waals surface area contributed by atoms with Crippen LogP contribution in [0.2, 0.25) is 0 Å². The summed E-state index contributed by atoms with van der Waals surface area (Å²) in [7, 11) is 0. The number of allylic oxidation sites excluding steroid dienone is 27. The van der Waals surface area contributed by atoms with Gasteiger partial charge in [0.1, 0.15) is 48.8 Å². The van der Waals surface area contributed by atoms with Gasteiger partial charge >= 0.3 is 0 Å². The number of amides is 1. The highest BCUT2D eigenvalue weighted by atomic mass is 16.7. The van der Waals surface area contributed by atoms with Crippen LogP contribution in [0.15, 0.2) is 170 Å². The number of rotatable bonds is 59. The van der Waals surface area contributed by atoms with Gasteiger partial charge in [0.05, 0.1) is 32.0 Å². The zero-order valence-electron chi connectivity index (χ0n) is 59.3. The lowest BCUT2D eigenvalue weighted by Crippen LogP contribution is -2.65. The highest BCUT2D eigenvalue weighted by Gasteiger charge is 2.51. The van der Waals surface area contributed by atoms with E-state index in [9.17, 15) is 45.6 Å². The van der Waals surface area contributed by atoms with Gasteiger partial charge < -0.3 is 65.1 Å². The first-order valence-corrected chi connectivity index (χ1v) is 37.4. The van der Waals surface area contributed by atoms with Crippen molar-refractivity contribution in [2.24, 2.45) is 0 Å². The molecule has 0 aromatic carbocycles. The first kappa shape index (κ1) is 87.4. The van der Waals surface area contributed by atoms with Crippen LogP contribution in [0.4, 0.5) is 0 Å². The zero-order valence-corrected chi connectivity index (χ0v) is 59.3. The molecule has 544 valence electrons. The van der Waals surface area contributed by atoms with Crippen molar-refractivity contribution in [3.8, 4) is 0 Å². The Kier molecular flexibility index (Phi) is 58.1. The molecule has 0 saturated carbocycles. The van der Waals surface area contributed by atoms with Crippen molar-refractivity contribution < 1.29 is 64.6 Å². The molecular weight excluding hydrogens is 1210 g/mol. The Morgan fingerprint density at radius 2 is 0.729 bits per heavy atom. The van der Waals surface area contributed by atoms with Crippen molar-refractivity contribution in [3.05, 3.63) is 170 Å². The summed E-state index contributed by atoms with van der Waals surface area (Å²) < 4.78 is 22.8. The van der Waals surface area contributed by atoms with Crippen molar-refractivity contribution in [1.82, 2.24) is 5.32 Å². The van der Waals surface area contributed by atoms with Crippen molar-refractivity contribution in [3.63, 3.8) is 0 Å². The minimum atomic E-state index is -1.80. The molecule has 14 heteroatoms. The summed E-state index contributed by atoms with van der Waals surface area (Å²) in [6.45, 7) is 2.65. The number of aliphatic hydroxyl groups excluding tert-OH is 8. The van der Waals surface area contributed by atoms with Gasteiger partial charge in [-0.15, -0.1) is 0 Å². The molecular formula is C82H133NO13. The summed E-state index contributed by atoms with van der Waals surface area (Å²) in [5.41, 5.74) is 0. The molecule has 2 heterocycles. The van der Waals surface area contributed by atoms with Gasteiger partial charge in [0.25, 0.3) is 0 Å².